The molecule has 1 aromatic rings. The van der Waals surface area contributed by atoms with Crippen LogP contribution in [0.1, 0.15) is 45.6 Å². The Morgan fingerprint density at radius 2 is 2.04 bits per heavy atom. The van der Waals surface area contributed by atoms with E-state index in [1.54, 1.807) is 20.8 Å². The van der Waals surface area contributed by atoms with Gasteiger partial charge in [-0.2, -0.15) is 5.10 Å². The van der Waals surface area contributed by atoms with Crippen LogP contribution in [0.5, 0.6) is 0 Å². The van der Waals surface area contributed by atoms with Gasteiger partial charge in [0.2, 0.25) is 0 Å². The van der Waals surface area contributed by atoms with Crippen LogP contribution in [0.2, 0.25) is 0 Å². The van der Waals surface area contributed by atoms with Crippen LogP contribution in [0.25, 0.3) is 0 Å². The Morgan fingerprint density at radius 3 is 2.67 bits per heavy atom. The first-order valence-corrected chi connectivity index (χ1v) is 9.60. The number of rotatable bonds is 3. The van der Waals surface area contributed by atoms with E-state index in [0.717, 1.165) is 15.0 Å². The first kappa shape index (κ1) is 21.2. The Bertz CT molecular complexity index is 793. The fourth-order valence-electron chi connectivity index (χ4n) is 2.73. The van der Waals surface area contributed by atoms with Gasteiger partial charge in [-0.05, 0) is 51.3 Å². The molecule has 27 heavy (non-hydrogen) atoms. The summed E-state index contributed by atoms with van der Waals surface area (Å²) in [4.78, 5) is 24.6. The smallest absolute Gasteiger partial charge is 0.430 e. The Labute approximate surface area is 168 Å². The first-order chi connectivity index (χ1) is 12.6. The van der Waals surface area contributed by atoms with Crippen molar-refractivity contribution in [1.82, 2.24) is 5.01 Å². The number of ether oxygens (including phenoxy) is 1. The molecular formula is C20H25BrN2O4. The van der Waals surface area contributed by atoms with Gasteiger partial charge in [0.15, 0.2) is 5.78 Å². The Kier molecular flexibility index (Phi) is 6.81. The number of benzene rings is 1. The molecule has 0 radical (unpaired) electrons. The van der Waals surface area contributed by atoms with Crippen LogP contribution in [0.15, 0.2) is 45.2 Å². The second-order valence-corrected chi connectivity index (χ2v) is 8.37. The van der Waals surface area contributed by atoms with E-state index in [1.807, 2.05) is 24.3 Å². The number of amides is 1. The number of aliphatic hydroxyl groups excluding tert-OH is 1. The normalized spacial score (nSPS) is 18.4. The first-order valence-electron chi connectivity index (χ1n) is 8.81. The van der Waals surface area contributed by atoms with Gasteiger partial charge in [-0.3, -0.25) is 4.79 Å². The molecule has 0 saturated heterocycles. The number of hydrogen-bond donors (Lipinski definition) is 1. The van der Waals surface area contributed by atoms with Gasteiger partial charge in [-0.25, -0.2) is 9.80 Å². The van der Waals surface area contributed by atoms with Crippen molar-refractivity contribution in [3.8, 4) is 0 Å². The topological polar surface area (TPSA) is 79.2 Å². The number of hydrogen-bond acceptors (Lipinski definition) is 5. The zero-order valence-electron chi connectivity index (χ0n) is 16.1. The summed E-state index contributed by atoms with van der Waals surface area (Å²) in [6.45, 7) is 5.31. The lowest BCUT2D eigenvalue weighted by atomic mass is 9.89. The highest BCUT2D eigenvalue weighted by Crippen LogP contribution is 2.24. The summed E-state index contributed by atoms with van der Waals surface area (Å²) in [5, 5.41) is 16.0. The van der Waals surface area contributed by atoms with E-state index >= 15 is 0 Å². The van der Waals surface area contributed by atoms with Crippen LogP contribution < -0.4 is 0 Å². The summed E-state index contributed by atoms with van der Waals surface area (Å²) in [6.07, 6.45) is 1.10. The van der Waals surface area contributed by atoms with E-state index in [0.29, 0.717) is 25.0 Å². The van der Waals surface area contributed by atoms with Gasteiger partial charge in [-0.15, -0.1) is 0 Å². The van der Waals surface area contributed by atoms with Gasteiger partial charge in [0.1, 0.15) is 11.4 Å². The van der Waals surface area contributed by atoms with Crippen molar-refractivity contribution in [3.05, 3.63) is 45.6 Å². The second-order valence-electron chi connectivity index (χ2n) is 7.46. The SMILES string of the molecule is CN(N=C1CCCC(=O)C1=C(O)Cc1cccc(Br)c1)C(=O)OC(C)(C)C. The molecule has 0 heterocycles. The Hall–Kier alpha value is -2.15. The highest BCUT2D eigenvalue weighted by Gasteiger charge is 2.27. The van der Waals surface area contributed by atoms with E-state index in [-0.39, 0.29) is 23.5 Å². The van der Waals surface area contributed by atoms with Crippen molar-refractivity contribution in [2.45, 2.75) is 52.1 Å². The van der Waals surface area contributed by atoms with E-state index in [4.69, 9.17) is 4.74 Å². The number of Topliss-reactive ketones (excluding diaryl/α,β-unsaturated/α-hetero) is 1. The minimum absolute atomic E-state index is 0.0332. The predicted octanol–water partition coefficient (Wildman–Crippen LogP) is 4.78. The van der Waals surface area contributed by atoms with Gasteiger partial charge in [0.05, 0.1) is 11.3 Å². The number of allylic oxidation sites excluding steroid dienone is 2. The fraction of sp³-hybridized carbons (Fsp3) is 0.450. The molecule has 1 aliphatic rings. The molecular weight excluding hydrogens is 412 g/mol. The maximum absolute atomic E-state index is 12.4. The van der Waals surface area contributed by atoms with E-state index in [9.17, 15) is 14.7 Å². The van der Waals surface area contributed by atoms with Gasteiger partial charge in [0, 0.05) is 24.4 Å². The van der Waals surface area contributed by atoms with E-state index < -0.39 is 11.7 Å². The highest BCUT2D eigenvalue weighted by molar-refractivity contribution is 9.10. The highest BCUT2D eigenvalue weighted by atomic mass is 79.9. The third-order valence-electron chi connectivity index (χ3n) is 3.86. The lowest BCUT2D eigenvalue weighted by molar-refractivity contribution is -0.115. The van der Waals surface area contributed by atoms with Crippen LogP contribution >= 0.6 is 15.9 Å². The summed E-state index contributed by atoms with van der Waals surface area (Å²) < 4.78 is 6.18. The number of ketones is 1. The number of aliphatic hydroxyl groups is 1. The van der Waals surface area contributed by atoms with Gasteiger partial charge in [0.25, 0.3) is 0 Å². The lowest BCUT2D eigenvalue weighted by Crippen LogP contribution is -2.33. The average molecular weight is 437 g/mol. The molecule has 1 aliphatic carbocycles. The molecule has 0 aliphatic heterocycles. The summed E-state index contributed by atoms with van der Waals surface area (Å²) in [5.41, 5.74) is 0.839. The molecule has 7 heteroatoms. The largest absolute Gasteiger partial charge is 0.511 e. The van der Waals surface area contributed by atoms with Crippen molar-refractivity contribution in [3.63, 3.8) is 0 Å². The molecule has 1 amide bonds. The Morgan fingerprint density at radius 1 is 1.33 bits per heavy atom. The molecule has 0 spiro atoms. The van der Waals surface area contributed by atoms with Crippen LogP contribution in [-0.4, -0.2) is 40.4 Å². The van der Waals surface area contributed by atoms with Crippen molar-refractivity contribution in [2.24, 2.45) is 5.10 Å². The molecule has 1 aromatic carbocycles. The third-order valence-corrected chi connectivity index (χ3v) is 4.36. The molecule has 2 rings (SSSR count). The van der Waals surface area contributed by atoms with Gasteiger partial charge >= 0.3 is 6.09 Å². The molecule has 0 bridgehead atoms. The maximum Gasteiger partial charge on any atom is 0.430 e. The fourth-order valence-corrected chi connectivity index (χ4v) is 3.18. The maximum atomic E-state index is 12.4. The van der Waals surface area contributed by atoms with E-state index in [2.05, 4.69) is 21.0 Å². The molecule has 1 saturated carbocycles. The van der Waals surface area contributed by atoms with Crippen LogP contribution in [-0.2, 0) is 16.0 Å². The number of carbonyl (C=O) groups is 2. The number of carbonyl (C=O) groups excluding carboxylic acids is 2. The van der Waals surface area contributed by atoms with Crippen molar-refractivity contribution < 1.29 is 19.4 Å². The second kappa shape index (κ2) is 8.69. The zero-order chi connectivity index (χ0) is 20.2. The van der Waals surface area contributed by atoms with Crippen LogP contribution in [0.3, 0.4) is 0 Å². The van der Waals surface area contributed by atoms with Crippen LogP contribution in [0, 0.1) is 0 Å². The standard InChI is InChI=1S/C20H25BrN2O4/c1-20(2,3)27-19(26)23(4)22-15-9-6-10-16(24)18(15)17(25)12-13-7-5-8-14(21)11-13/h5,7-8,11,25H,6,9-10,12H2,1-4H3. The van der Waals surface area contributed by atoms with E-state index in [1.165, 1.54) is 7.05 Å². The van der Waals surface area contributed by atoms with Gasteiger partial charge < -0.3 is 9.84 Å². The lowest BCUT2D eigenvalue weighted by Gasteiger charge is -2.24. The minimum Gasteiger partial charge on any atom is -0.511 e. The molecule has 1 fully saturated rings. The third kappa shape index (κ3) is 6.20. The zero-order valence-corrected chi connectivity index (χ0v) is 17.7. The molecule has 146 valence electrons. The molecule has 0 unspecified atom stereocenters. The Balaban J connectivity index is 2.30. The van der Waals surface area contributed by atoms with Crippen molar-refractivity contribution >= 4 is 33.5 Å². The van der Waals surface area contributed by atoms with Crippen molar-refractivity contribution in [1.29, 1.82) is 0 Å². The molecule has 1 N–H and O–H groups in total. The summed E-state index contributed by atoms with van der Waals surface area (Å²) >= 11 is 3.40. The number of hydrazone groups is 1. The summed E-state index contributed by atoms with van der Waals surface area (Å²) in [7, 11) is 1.48. The van der Waals surface area contributed by atoms with Gasteiger partial charge in [-0.1, -0.05) is 28.1 Å². The molecule has 0 atom stereocenters. The number of halogens is 1. The summed E-state index contributed by atoms with van der Waals surface area (Å²) in [5.74, 6) is -0.195. The summed E-state index contributed by atoms with van der Waals surface area (Å²) in [6, 6.07) is 7.51. The predicted molar refractivity (Wildman–Crippen MR) is 108 cm³/mol. The van der Waals surface area contributed by atoms with Crippen LogP contribution in [0.4, 0.5) is 4.79 Å². The van der Waals surface area contributed by atoms with Crippen molar-refractivity contribution in [2.75, 3.05) is 7.05 Å². The quantitative estimate of drug-likeness (QED) is 0.419. The average Bonchev–Trinajstić information content (AvgIpc) is 2.53. The monoisotopic (exact) mass is 436 g/mol. The minimum atomic E-state index is -0.643. The molecule has 6 nitrogen and oxygen atoms in total. The molecule has 0 aromatic heterocycles. The number of nitrogens with zero attached hydrogens (tertiary/aromatic N) is 2.